The van der Waals surface area contributed by atoms with Gasteiger partial charge in [-0.25, -0.2) is 4.79 Å². The number of carbonyl (C=O) groups excluding carboxylic acids is 2. The number of nitrogens with zero attached hydrogens (tertiary/aromatic N) is 1. The van der Waals surface area contributed by atoms with Crippen LogP contribution in [-0.4, -0.2) is 35.7 Å². The van der Waals surface area contributed by atoms with Gasteiger partial charge in [-0.15, -0.1) is 0 Å². The molecule has 1 N–H and O–H groups in total. The maximum atomic E-state index is 11.6. The van der Waals surface area contributed by atoms with Crippen LogP contribution in [0.2, 0.25) is 0 Å². The average Bonchev–Trinajstić information content (AvgIpc) is 2.37. The third-order valence-electron chi connectivity index (χ3n) is 2.32. The van der Waals surface area contributed by atoms with Gasteiger partial charge in [-0.1, -0.05) is 0 Å². The highest BCUT2D eigenvalue weighted by Crippen LogP contribution is 2.07. The highest BCUT2D eigenvalue weighted by molar-refractivity contribution is 5.89. The highest BCUT2D eigenvalue weighted by atomic mass is 16.6. The first-order valence-electron chi connectivity index (χ1n) is 6.86. The molecule has 1 aromatic rings. The maximum absolute atomic E-state index is 11.6. The first-order valence-corrected chi connectivity index (χ1v) is 6.86. The molecule has 1 heterocycles. The lowest BCUT2D eigenvalue weighted by Gasteiger charge is -2.19. The van der Waals surface area contributed by atoms with Gasteiger partial charge >= 0.3 is 11.9 Å². The van der Waals surface area contributed by atoms with E-state index in [1.54, 1.807) is 19.1 Å². The van der Waals surface area contributed by atoms with Crippen LogP contribution >= 0.6 is 0 Å². The first kappa shape index (κ1) is 17.1. The van der Waals surface area contributed by atoms with Gasteiger partial charge in [0.25, 0.3) is 0 Å². The lowest BCUT2D eigenvalue weighted by atomic mass is 10.2. The summed E-state index contributed by atoms with van der Waals surface area (Å²) < 4.78 is 10.1. The molecule has 0 saturated heterocycles. The highest BCUT2D eigenvalue weighted by Gasteiger charge is 2.15. The topological polar surface area (TPSA) is 77.5 Å². The van der Waals surface area contributed by atoms with E-state index in [-0.39, 0.29) is 18.5 Å². The number of hydrogen-bond donors (Lipinski definition) is 1. The molecular formula is C15H22N2O4. The Kier molecular flexibility index (Phi) is 6.30. The molecule has 0 spiro atoms. The second kappa shape index (κ2) is 7.73. The monoisotopic (exact) mass is 294 g/mol. The number of rotatable bonds is 6. The fourth-order valence-corrected chi connectivity index (χ4v) is 1.59. The fourth-order valence-electron chi connectivity index (χ4n) is 1.59. The van der Waals surface area contributed by atoms with Gasteiger partial charge in [-0.3, -0.25) is 9.78 Å². The Morgan fingerprint density at radius 1 is 1.33 bits per heavy atom. The van der Waals surface area contributed by atoms with Crippen LogP contribution < -0.4 is 5.32 Å². The number of aromatic nitrogens is 1. The molecule has 1 aromatic heterocycles. The van der Waals surface area contributed by atoms with Gasteiger partial charge in [0, 0.05) is 12.7 Å². The van der Waals surface area contributed by atoms with Gasteiger partial charge in [0.1, 0.15) is 5.60 Å². The van der Waals surface area contributed by atoms with E-state index in [0.29, 0.717) is 24.4 Å². The largest absolute Gasteiger partial charge is 0.462 e. The minimum atomic E-state index is -0.499. The van der Waals surface area contributed by atoms with E-state index in [4.69, 9.17) is 9.47 Å². The Morgan fingerprint density at radius 3 is 2.67 bits per heavy atom. The molecular weight excluding hydrogens is 272 g/mol. The number of nitrogens with one attached hydrogen (secondary N) is 1. The van der Waals surface area contributed by atoms with E-state index in [1.807, 2.05) is 20.8 Å². The van der Waals surface area contributed by atoms with Crippen molar-refractivity contribution in [1.29, 1.82) is 0 Å². The lowest BCUT2D eigenvalue weighted by Crippen LogP contribution is -2.31. The van der Waals surface area contributed by atoms with E-state index < -0.39 is 5.60 Å². The van der Waals surface area contributed by atoms with Crippen molar-refractivity contribution in [1.82, 2.24) is 10.3 Å². The fraction of sp³-hybridized carbons (Fsp3) is 0.533. The Balaban J connectivity index is 2.47. The number of pyridine rings is 1. The molecule has 0 fully saturated rings. The van der Waals surface area contributed by atoms with Crippen molar-refractivity contribution in [2.24, 2.45) is 0 Å². The normalized spacial score (nSPS) is 11.0. The van der Waals surface area contributed by atoms with Crippen molar-refractivity contribution < 1.29 is 19.1 Å². The van der Waals surface area contributed by atoms with E-state index >= 15 is 0 Å². The van der Waals surface area contributed by atoms with Crippen LogP contribution in [0.3, 0.4) is 0 Å². The summed E-state index contributed by atoms with van der Waals surface area (Å²) in [5, 5.41) is 2.93. The molecule has 21 heavy (non-hydrogen) atoms. The van der Waals surface area contributed by atoms with Gasteiger partial charge in [0.15, 0.2) is 0 Å². The van der Waals surface area contributed by atoms with Crippen LogP contribution in [0.25, 0.3) is 0 Å². The molecule has 0 radical (unpaired) electrons. The molecule has 0 aliphatic heterocycles. The van der Waals surface area contributed by atoms with Crippen molar-refractivity contribution in [3.05, 3.63) is 29.6 Å². The number of hydrogen-bond acceptors (Lipinski definition) is 6. The minimum absolute atomic E-state index is 0.0859. The second-order valence-electron chi connectivity index (χ2n) is 5.45. The predicted molar refractivity (Wildman–Crippen MR) is 77.7 cm³/mol. The van der Waals surface area contributed by atoms with Crippen molar-refractivity contribution in [3.63, 3.8) is 0 Å². The molecule has 0 atom stereocenters. The average molecular weight is 294 g/mol. The molecule has 0 amide bonds. The number of carbonyl (C=O) groups is 2. The summed E-state index contributed by atoms with van der Waals surface area (Å²) in [5.41, 5.74) is 0.603. The van der Waals surface area contributed by atoms with Crippen molar-refractivity contribution in [2.45, 2.75) is 39.8 Å². The Labute approximate surface area is 124 Å². The third-order valence-corrected chi connectivity index (χ3v) is 2.32. The number of esters is 2. The summed E-state index contributed by atoms with van der Waals surface area (Å²) in [6, 6.07) is 3.23. The van der Waals surface area contributed by atoms with Gasteiger partial charge in [-0.05, 0) is 39.8 Å². The summed E-state index contributed by atoms with van der Waals surface area (Å²) in [7, 11) is 0. The molecule has 6 nitrogen and oxygen atoms in total. The maximum Gasteiger partial charge on any atom is 0.338 e. The standard InChI is InChI=1S/C15H22N2O4/c1-5-20-14(19)11-6-7-17-12(8-11)9-16-10-13(18)21-15(2,3)4/h6-8,16H,5,9-10H2,1-4H3. The van der Waals surface area contributed by atoms with Crippen LogP contribution in [-0.2, 0) is 20.8 Å². The van der Waals surface area contributed by atoms with Crippen LogP contribution in [0, 0.1) is 0 Å². The lowest BCUT2D eigenvalue weighted by molar-refractivity contribution is -0.153. The van der Waals surface area contributed by atoms with Gasteiger partial charge in [0.05, 0.1) is 24.4 Å². The van der Waals surface area contributed by atoms with Crippen molar-refractivity contribution in [3.8, 4) is 0 Å². The van der Waals surface area contributed by atoms with Crippen LogP contribution in [0.5, 0.6) is 0 Å². The SMILES string of the molecule is CCOC(=O)c1ccnc(CNCC(=O)OC(C)(C)C)c1. The zero-order valence-corrected chi connectivity index (χ0v) is 12.9. The Bertz CT molecular complexity index is 495. The van der Waals surface area contributed by atoms with Gasteiger partial charge < -0.3 is 14.8 Å². The molecule has 0 aliphatic carbocycles. The van der Waals surface area contributed by atoms with Gasteiger partial charge in [-0.2, -0.15) is 0 Å². The predicted octanol–water partition coefficient (Wildman–Crippen LogP) is 1.69. The van der Waals surface area contributed by atoms with Gasteiger partial charge in [0.2, 0.25) is 0 Å². The van der Waals surface area contributed by atoms with Crippen LogP contribution in [0.1, 0.15) is 43.7 Å². The van der Waals surface area contributed by atoms with Crippen molar-refractivity contribution in [2.75, 3.05) is 13.2 Å². The van der Waals surface area contributed by atoms with E-state index in [2.05, 4.69) is 10.3 Å². The van der Waals surface area contributed by atoms with Crippen LogP contribution in [0.4, 0.5) is 0 Å². The van der Waals surface area contributed by atoms with Crippen LogP contribution in [0.15, 0.2) is 18.3 Å². The molecule has 0 aliphatic rings. The molecule has 0 unspecified atom stereocenters. The minimum Gasteiger partial charge on any atom is -0.462 e. The Morgan fingerprint density at radius 2 is 2.05 bits per heavy atom. The van der Waals surface area contributed by atoms with E-state index in [9.17, 15) is 9.59 Å². The zero-order valence-electron chi connectivity index (χ0n) is 12.9. The summed E-state index contributed by atoms with van der Waals surface area (Å²) in [4.78, 5) is 27.3. The Hall–Kier alpha value is -1.95. The summed E-state index contributed by atoms with van der Waals surface area (Å²) in [6.45, 7) is 7.98. The zero-order chi connectivity index (χ0) is 15.9. The third kappa shape index (κ3) is 6.85. The molecule has 0 bridgehead atoms. The first-order chi connectivity index (χ1) is 9.81. The molecule has 0 aromatic carbocycles. The summed E-state index contributed by atoms with van der Waals surface area (Å²) >= 11 is 0. The van der Waals surface area contributed by atoms with E-state index in [0.717, 1.165) is 0 Å². The molecule has 0 saturated carbocycles. The molecule has 116 valence electrons. The smallest absolute Gasteiger partial charge is 0.338 e. The van der Waals surface area contributed by atoms with E-state index in [1.165, 1.54) is 6.20 Å². The summed E-state index contributed by atoms with van der Waals surface area (Å²) in [5.74, 6) is -0.711. The molecule has 6 heteroatoms. The quantitative estimate of drug-likeness (QED) is 0.804. The molecule has 1 rings (SSSR count). The number of ether oxygens (including phenoxy) is 2. The second-order valence-corrected chi connectivity index (χ2v) is 5.45. The van der Waals surface area contributed by atoms with Crippen molar-refractivity contribution >= 4 is 11.9 Å². The summed E-state index contributed by atoms with van der Waals surface area (Å²) in [6.07, 6.45) is 1.54.